The van der Waals surface area contributed by atoms with Crippen molar-refractivity contribution in [3.05, 3.63) is 59.7 Å². The fraction of sp³-hybridized carbons (Fsp3) is 0.667. The van der Waals surface area contributed by atoms with Gasteiger partial charge in [-0.25, -0.2) is 0 Å². The quantitative estimate of drug-likeness (QED) is 0.0297. The summed E-state index contributed by atoms with van der Waals surface area (Å²) in [5.74, 6) is 13.9. The van der Waals surface area contributed by atoms with Crippen molar-refractivity contribution in [3.63, 3.8) is 0 Å². The van der Waals surface area contributed by atoms with Crippen molar-refractivity contribution in [1.82, 2.24) is 0 Å². The maximum Gasteiger partial charge on any atom is 0.0665 e. The minimum absolute atomic E-state index is 0. The molecule has 0 aliphatic heterocycles. The van der Waals surface area contributed by atoms with Crippen molar-refractivity contribution >= 4 is 22.8 Å². The summed E-state index contributed by atoms with van der Waals surface area (Å²) in [6, 6.07) is 17.6. The van der Waals surface area contributed by atoms with Crippen molar-refractivity contribution in [2.45, 2.75) is 233 Å². The number of benzene rings is 2. The van der Waals surface area contributed by atoms with Crippen LogP contribution in [0.5, 0.6) is 0 Å². The van der Waals surface area contributed by atoms with Crippen LogP contribution in [0.1, 0.15) is 231 Å². The van der Waals surface area contributed by atoms with E-state index in [4.69, 9.17) is 9.98 Å². The molecule has 320 valence electrons. The molecule has 3 heteroatoms. The number of para-hydroxylation sites is 2. The van der Waals surface area contributed by atoms with Gasteiger partial charge in [0.2, 0.25) is 0 Å². The molecule has 0 atom stereocenters. The number of aryl methyl sites for hydroxylation is 2. The Hall–Kier alpha value is -2.61. The van der Waals surface area contributed by atoms with Crippen molar-refractivity contribution in [2.75, 3.05) is 0 Å². The summed E-state index contributed by atoms with van der Waals surface area (Å²) >= 11 is 0. The van der Waals surface area contributed by atoms with E-state index in [1.54, 1.807) is 0 Å². The van der Waals surface area contributed by atoms with Gasteiger partial charge in [0.1, 0.15) is 0 Å². The molecule has 2 aromatic carbocycles. The van der Waals surface area contributed by atoms with Crippen LogP contribution >= 0.6 is 0 Å². The number of rotatable bonds is 33. The van der Waals surface area contributed by atoms with E-state index in [0.29, 0.717) is 0 Å². The van der Waals surface area contributed by atoms with E-state index in [9.17, 15) is 0 Å². The molecule has 2 nitrogen and oxygen atoms in total. The molecule has 0 amide bonds. The Kier molecular flexibility index (Phi) is 35.8. The molecule has 0 unspecified atom stereocenters. The Morgan fingerprint density at radius 3 is 1.02 bits per heavy atom. The van der Waals surface area contributed by atoms with Gasteiger partial charge in [0.25, 0.3) is 0 Å². The molecule has 57 heavy (non-hydrogen) atoms. The maximum atomic E-state index is 5.43. The predicted octanol–water partition coefficient (Wildman–Crippen LogP) is 17.4. The van der Waals surface area contributed by atoms with Gasteiger partial charge < -0.3 is 0 Å². The minimum atomic E-state index is 0. The first-order chi connectivity index (χ1) is 27.7. The van der Waals surface area contributed by atoms with Crippen LogP contribution in [0, 0.1) is 23.7 Å². The van der Waals surface area contributed by atoms with Crippen LogP contribution in [0.2, 0.25) is 0 Å². The molecule has 0 saturated carbocycles. The molecule has 0 spiro atoms. The fourth-order valence-corrected chi connectivity index (χ4v) is 7.31. The standard InChI is InChI=1S/C54H84N2.Ni/c1-5-9-13-15-17-19-21-23-25-27-29-31-33-35-41-49-43-37-39-47-51(49)55-53(45-11-7-3)54(46-12-8-4)56-52-48-40-38-44-50(52)42-36-34-32-30-28-26-24-22-20-18-16-14-10-6-2;/h37-40,43-44,47-48H,5-28,33-36,41-42,45-46H2,1-4H3;. The van der Waals surface area contributed by atoms with E-state index >= 15 is 0 Å². The summed E-state index contributed by atoms with van der Waals surface area (Å²) in [6.45, 7) is 9.14. The fourth-order valence-electron chi connectivity index (χ4n) is 7.31. The first kappa shape index (κ1) is 52.4. The van der Waals surface area contributed by atoms with Crippen molar-refractivity contribution < 1.29 is 16.5 Å². The second kappa shape index (κ2) is 38.9. The molecule has 2 rings (SSSR count). The third kappa shape index (κ3) is 27.7. The first-order valence-corrected chi connectivity index (χ1v) is 24.0. The molecule has 0 heterocycles. The molecule has 0 bridgehead atoms. The van der Waals surface area contributed by atoms with E-state index in [0.717, 1.165) is 101 Å². The maximum absolute atomic E-state index is 5.43. The molecule has 0 aromatic heterocycles. The summed E-state index contributed by atoms with van der Waals surface area (Å²) in [7, 11) is 0. The van der Waals surface area contributed by atoms with Gasteiger partial charge in [-0.3, -0.25) is 9.98 Å². The smallest absolute Gasteiger partial charge is 0.0665 e. The molecular formula is C54H84N2Ni. The average molecular weight is 820 g/mol. The molecule has 0 radical (unpaired) electrons. The summed E-state index contributed by atoms with van der Waals surface area (Å²) in [5.41, 5.74) is 7.23. The van der Waals surface area contributed by atoms with Crippen molar-refractivity contribution in [2.24, 2.45) is 9.98 Å². The van der Waals surface area contributed by atoms with Crippen LogP contribution in [0.15, 0.2) is 58.5 Å². The van der Waals surface area contributed by atoms with Gasteiger partial charge in [-0.05, 0) is 87.5 Å². The zero-order valence-corrected chi connectivity index (χ0v) is 38.4. The zero-order valence-electron chi connectivity index (χ0n) is 37.5. The minimum Gasteiger partial charge on any atom is -0.251 e. The van der Waals surface area contributed by atoms with Crippen molar-refractivity contribution in [3.8, 4) is 23.7 Å². The number of nitrogens with zero attached hydrogens (tertiary/aromatic N) is 2. The average Bonchev–Trinajstić information content (AvgIpc) is 3.22. The van der Waals surface area contributed by atoms with Gasteiger partial charge in [-0.2, -0.15) is 0 Å². The topological polar surface area (TPSA) is 24.7 Å². The summed E-state index contributed by atoms with van der Waals surface area (Å²) in [4.78, 5) is 10.9. The second-order valence-electron chi connectivity index (χ2n) is 16.2. The third-order valence-corrected chi connectivity index (χ3v) is 10.9. The van der Waals surface area contributed by atoms with Crippen molar-refractivity contribution in [1.29, 1.82) is 0 Å². The Balaban J connectivity index is 0.0000162. The number of aliphatic imine (C=N–C) groups is 2. The van der Waals surface area contributed by atoms with Crippen LogP contribution in [-0.4, -0.2) is 11.4 Å². The van der Waals surface area contributed by atoms with Gasteiger partial charge in [-0.1, -0.05) is 180 Å². The Bertz CT molecular complexity index is 1320. The predicted molar refractivity (Wildman–Crippen MR) is 251 cm³/mol. The molecule has 2 aromatic rings. The summed E-state index contributed by atoms with van der Waals surface area (Å²) < 4.78 is 0. The van der Waals surface area contributed by atoms with E-state index in [1.165, 1.54) is 138 Å². The number of hydrogen-bond acceptors (Lipinski definition) is 2. The Labute approximate surface area is 364 Å². The number of unbranched alkanes of at least 4 members (excludes halogenated alkanes) is 22. The van der Waals surface area contributed by atoms with Gasteiger partial charge in [0.15, 0.2) is 0 Å². The molecule has 0 fully saturated rings. The van der Waals surface area contributed by atoms with Crippen LogP contribution in [0.25, 0.3) is 0 Å². The van der Waals surface area contributed by atoms with E-state index in [-0.39, 0.29) is 16.5 Å². The van der Waals surface area contributed by atoms with Crippen LogP contribution in [0.3, 0.4) is 0 Å². The van der Waals surface area contributed by atoms with E-state index < -0.39 is 0 Å². The largest absolute Gasteiger partial charge is 0.251 e. The zero-order chi connectivity index (χ0) is 40.0. The van der Waals surface area contributed by atoms with Crippen LogP contribution < -0.4 is 0 Å². The normalized spacial score (nSPS) is 11.4. The molecule has 0 saturated heterocycles. The molecular weight excluding hydrogens is 735 g/mol. The Morgan fingerprint density at radius 2 is 0.667 bits per heavy atom. The first-order valence-electron chi connectivity index (χ1n) is 24.0. The third-order valence-electron chi connectivity index (χ3n) is 10.9. The van der Waals surface area contributed by atoms with Gasteiger partial charge in [-0.15, -0.1) is 23.7 Å². The monoisotopic (exact) mass is 819 g/mol. The van der Waals surface area contributed by atoms with Crippen LogP contribution in [-0.2, 0) is 29.3 Å². The SMILES string of the molecule is CCCCCCCCCCCC#CCCCc1ccccc1N=C(CCCC)C(CCCC)=Nc1ccccc1CCCC#CCCCCCCCCCCC.[Ni]. The number of hydrogen-bond donors (Lipinski definition) is 0. The van der Waals surface area contributed by atoms with E-state index in [2.05, 4.69) is 99.9 Å². The molecule has 0 N–H and O–H groups in total. The molecule has 0 aliphatic carbocycles. The van der Waals surface area contributed by atoms with Crippen LogP contribution in [0.4, 0.5) is 11.4 Å². The summed E-state index contributed by atoms with van der Waals surface area (Å²) in [5, 5.41) is 0. The molecule has 0 aliphatic rings. The van der Waals surface area contributed by atoms with E-state index in [1.807, 2.05) is 0 Å². The van der Waals surface area contributed by atoms with Gasteiger partial charge >= 0.3 is 0 Å². The summed E-state index contributed by atoms with van der Waals surface area (Å²) in [6.07, 6.45) is 39.3. The van der Waals surface area contributed by atoms with Gasteiger partial charge in [0.05, 0.1) is 22.8 Å². The Morgan fingerprint density at radius 1 is 0.368 bits per heavy atom. The van der Waals surface area contributed by atoms with Gasteiger partial charge in [0, 0.05) is 42.2 Å². The second-order valence-corrected chi connectivity index (χ2v) is 16.2.